The van der Waals surface area contributed by atoms with Gasteiger partial charge in [0.15, 0.2) is 18.1 Å². The molecule has 1 aromatic rings. The van der Waals surface area contributed by atoms with Crippen molar-refractivity contribution in [1.82, 2.24) is 5.32 Å². The Labute approximate surface area is 282 Å². The van der Waals surface area contributed by atoms with Crippen LogP contribution in [0.4, 0.5) is 5.69 Å². The number of aliphatic hydroxyl groups is 2. The molecule has 0 saturated heterocycles. The Hall–Kier alpha value is -4.43. The van der Waals surface area contributed by atoms with Crippen LogP contribution in [0.2, 0.25) is 0 Å². The molecule has 4 N–H and O–H groups in total. The predicted octanol–water partition coefficient (Wildman–Crippen LogP) is 2.40. The molecule has 14 nitrogen and oxygen atoms in total. The summed E-state index contributed by atoms with van der Waals surface area (Å²) >= 11 is 0. The number of hydrogen-bond acceptors (Lipinski definition) is 12. The van der Waals surface area contributed by atoms with Crippen LogP contribution in [0.1, 0.15) is 64.4 Å². The molecular weight excluding hydrogens is 640 g/mol. The number of amides is 1. The minimum absolute atomic E-state index is 0.00890. The summed E-state index contributed by atoms with van der Waals surface area (Å²) in [7, 11) is 1.10. The Balaban J connectivity index is 1.16. The number of fused-ring (bicyclic) bond motifs is 5. The molecule has 0 radical (unpaired) electrons. The van der Waals surface area contributed by atoms with E-state index in [2.05, 4.69) is 5.32 Å². The van der Waals surface area contributed by atoms with Crippen LogP contribution >= 0.6 is 0 Å². The van der Waals surface area contributed by atoms with Crippen LogP contribution in [0.5, 0.6) is 5.75 Å². The first-order valence-electron chi connectivity index (χ1n) is 16.4. The zero-order valence-corrected chi connectivity index (χ0v) is 27.7. The topological polar surface area (TPSA) is 220 Å². The minimum Gasteiger partial charge on any atom is -0.502 e. The predicted molar refractivity (Wildman–Crippen MR) is 171 cm³/mol. The molecule has 3 saturated carbocycles. The molecule has 0 heterocycles. The van der Waals surface area contributed by atoms with Gasteiger partial charge in [-0.15, -0.1) is 0 Å². The number of nitrogens with one attached hydrogen (secondary N) is 1. The number of phenols is 1. The molecule has 4 aliphatic carbocycles. The Morgan fingerprint density at radius 2 is 1.90 bits per heavy atom. The Morgan fingerprint density at radius 3 is 2.59 bits per heavy atom. The van der Waals surface area contributed by atoms with Crippen LogP contribution in [0.3, 0.4) is 0 Å². The third kappa shape index (κ3) is 6.51. The van der Waals surface area contributed by atoms with Crippen molar-refractivity contribution in [2.45, 2.75) is 83.0 Å². The first kappa shape index (κ1) is 35.9. The molecule has 4 aliphatic rings. The van der Waals surface area contributed by atoms with Gasteiger partial charge in [0, 0.05) is 35.7 Å². The van der Waals surface area contributed by atoms with Crippen molar-refractivity contribution in [3.63, 3.8) is 0 Å². The van der Waals surface area contributed by atoms with Crippen LogP contribution in [0.25, 0.3) is 0 Å². The van der Waals surface area contributed by atoms with Crippen LogP contribution in [-0.4, -0.2) is 81.1 Å². The average Bonchev–Trinajstić information content (AvgIpc) is 3.33. The lowest BCUT2D eigenvalue weighted by atomic mass is 9.46. The molecule has 3 fully saturated rings. The van der Waals surface area contributed by atoms with Crippen molar-refractivity contribution < 1.29 is 53.7 Å². The van der Waals surface area contributed by atoms with Gasteiger partial charge in [-0.25, -0.2) is 4.79 Å². The first-order chi connectivity index (χ1) is 23.0. The van der Waals surface area contributed by atoms with Crippen LogP contribution in [0.15, 0.2) is 42.0 Å². The zero-order valence-electron chi connectivity index (χ0n) is 27.7. The molecule has 0 bridgehead atoms. The van der Waals surface area contributed by atoms with Gasteiger partial charge in [0.1, 0.15) is 11.6 Å². The Morgan fingerprint density at radius 1 is 1.16 bits per heavy atom. The highest BCUT2D eigenvalue weighted by Crippen LogP contribution is 2.67. The summed E-state index contributed by atoms with van der Waals surface area (Å²) in [6, 6.07) is 2.27. The van der Waals surface area contributed by atoms with Crippen molar-refractivity contribution in [2.75, 3.05) is 13.7 Å². The van der Waals surface area contributed by atoms with Crippen molar-refractivity contribution in [3.8, 4) is 5.75 Å². The number of Topliss-reactive ketones (excluding diaryl/α,β-unsaturated/α-hetero) is 1. The zero-order chi connectivity index (χ0) is 35.9. The van der Waals surface area contributed by atoms with Gasteiger partial charge in [0.2, 0.25) is 11.7 Å². The number of benzene rings is 1. The lowest BCUT2D eigenvalue weighted by molar-refractivity contribution is -0.385. The van der Waals surface area contributed by atoms with E-state index < -0.39 is 88.0 Å². The molecule has 14 heteroatoms. The molecule has 1 aromatic carbocycles. The molecule has 0 unspecified atom stereocenters. The maximum Gasteiger partial charge on any atom is 0.328 e. The molecule has 0 aromatic heterocycles. The van der Waals surface area contributed by atoms with Gasteiger partial charge in [0.25, 0.3) is 0 Å². The number of nitrogens with zero attached hydrogens (tertiary/aromatic N) is 1. The molecule has 8 atom stereocenters. The number of aromatic hydroxyl groups is 1. The summed E-state index contributed by atoms with van der Waals surface area (Å²) in [6.07, 6.45) is 5.48. The molecule has 5 rings (SSSR count). The van der Waals surface area contributed by atoms with E-state index in [1.54, 1.807) is 12.2 Å². The van der Waals surface area contributed by atoms with E-state index in [4.69, 9.17) is 9.47 Å². The number of hydrogen-bond donors (Lipinski definition) is 4. The quantitative estimate of drug-likeness (QED) is 0.150. The van der Waals surface area contributed by atoms with Gasteiger partial charge < -0.3 is 30.1 Å². The van der Waals surface area contributed by atoms with Crippen molar-refractivity contribution in [1.29, 1.82) is 0 Å². The number of phenolic OH excluding ortho intramolecular Hbond substituents is 1. The average molecular weight is 683 g/mol. The van der Waals surface area contributed by atoms with Gasteiger partial charge >= 0.3 is 17.6 Å². The normalized spacial score (nSPS) is 32.1. The van der Waals surface area contributed by atoms with E-state index in [9.17, 15) is 49.4 Å². The summed E-state index contributed by atoms with van der Waals surface area (Å²) in [5, 5.41) is 46.6. The largest absolute Gasteiger partial charge is 0.502 e. The van der Waals surface area contributed by atoms with Gasteiger partial charge in [-0.1, -0.05) is 31.6 Å². The molecular formula is C35H42N2O12. The molecule has 1 amide bonds. The van der Waals surface area contributed by atoms with E-state index in [1.807, 2.05) is 19.9 Å². The highest BCUT2D eigenvalue weighted by Gasteiger charge is 2.68. The summed E-state index contributed by atoms with van der Waals surface area (Å²) in [6.45, 7) is 3.13. The van der Waals surface area contributed by atoms with E-state index in [1.165, 1.54) is 6.07 Å². The number of aliphatic hydroxyl groups excluding tert-OH is 1. The second-order valence-corrected chi connectivity index (χ2v) is 14.1. The Kier molecular flexibility index (Phi) is 9.86. The number of rotatable bonds is 11. The van der Waals surface area contributed by atoms with Crippen molar-refractivity contribution >= 4 is 35.1 Å². The van der Waals surface area contributed by atoms with Crippen LogP contribution in [0, 0.1) is 38.7 Å². The SMILES string of the molecule is COC(=O)[C@H](Cc1ccc(O)c([N+](=O)[O-])c1)NC(=O)CCC(=O)OCC(=O)[C@@]1(O)CC[C@H]2[C@@H]3CCC4=CC(=O)C=C[C@]4(C)[C@H]3[C@@H](O)C[C@@]21C. The fraction of sp³-hybridized carbons (Fsp3) is 0.571. The monoisotopic (exact) mass is 682 g/mol. The van der Waals surface area contributed by atoms with Crippen molar-refractivity contribution in [3.05, 3.63) is 57.7 Å². The molecule has 49 heavy (non-hydrogen) atoms. The fourth-order valence-electron chi connectivity index (χ4n) is 9.02. The lowest BCUT2D eigenvalue weighted by Crippen LogP contribution is -2.61. The third-order valence-electron chi connectivity index (χ3n) is 11.5. The number of ketones is 2. The number of carbonyl (C=O) groups is 5. The number of methoxy groups -OCH3 is 1. The van der Waals surface area contributed by atoms with Crippen LogP contribution in [-0.2, 0) is 39.9 Å². The van der Waals surface area contributed by atoms with E-state index in [0.29, 0.717) is 12.8 Å². The lowest BCUT2D eigenvalue weighted by Gasteiger charge is -2.59. The number of carbonyl (C=O) groups excluding carboxylic acids is 5. The van der Waals surface area contributed by atoms with Crippen LogP contribution < -0.4 is 5.32 Å². The number of ether oxygens (including phenoxy) is 2. The number of nitro groups is 1. The maximum absolute atomic E-state index is 13.5. The van der Waals surface area contributed by atoms with E-state index >= 15 is 0 Å². The smallest absolute Gasteiger partial charge is 0.328 e. The summed E-state index contributed by atoms with van der Waals surface area (Å²) in [5.41, 5.74) is -2.61. The second-order valence-electron chi connectivity index (χ2n) is 14.1. The summed E-state index contributed by atoms with van der Waals surface area (Å²) in [4.78, 5) is 73.5. The van der Waals surface area contributed by atoms with E-state index in [-0.39, 0.29) is 48.4 Å². The van der Waals surface area contributed by atoms with Gasteiger partial charge in [-0.2, -0.15) is 0 Å². The van der Waals surface area contributed by atoms with Gasteiger partial charge in [-0.3, -0.25) is 29.3 Å². The molecule has 0 aliphatic heterocycles. The highest BCUT2D eigenvalue weighted by atomic mass is 16.6. The number of nitro benzene ring substituents is 1. The van der Waals surface area contributed by atoms with E-state index in [0.717, 1.165) is 31.2 Å². The highest BCUT2D eigenvalue weighted by molar-refractivity contribution is 6.01. The summed E-state index contributed by atoms with van der Waals surface area (Å²) in [5.74, 6) is -3.98. The summed E-state index contributed by atoms with van der Waals surface area (Å²) < 4.78 is 9.91. The standard InChI is InChI=1S/C35H42N2O12/c1-33-12-10-21(38)16-20(33)5-6-22-23-11-13-35(45,34(23,2)17-27(40)31(22)33)28(41)18-49-30(43)9-8-29(42)36-24(32(44)48-3)14-19-4-7-26(39)25(15-19)37(46)47/h4,7,10,12,15-16,22-24,27,31,39-40,45H,5-6,8-9,11,13-14,17-18H2,1-3H3,(H,36,42)/t22-,23-,24-,27-,31+,33-,34-,35-/m0/s1. The fourth-order valence-corrected chi connectivity index (χ4v) is 9.02. The Bertz CT molecular complexity index is 1640. The molecule has 264 valence electrons. The van der Waals surface area contributed by atoms with Crippen molar-refractivity contribution in [2.24, 2.45) is 28.6 Å². The minimum atomic E-state index is -1.84. The number of allylic oxidation sites excluding steroid dienone is 4. The molecule has 0 spiro atoms. The van der Waals surface area contributed by atoms with Gasteiger partial charge in [0.05, 0.1) is 24.6 Å². The second kappa shape index (κ2) is 13.5. The number of esters is 2. The van der Waals surface area contributed by atoms with Gasteiger partial charge in [-0.05, 0) is 67.7 Å². The maximum atomic E-state index is 13.5. The third-order valence-corrected chi connectivity index (χ3v) is 11.5. The first-order valence-corrected chi connectivity index (χ1v) is 16.4.